The molecule has 0 spiro atoms. The Hall–Kier alpha value is -2.28. The lowest BCUT2D eigenvalue weighted by Gasteiger charge is -2.35. The van der Waals surface area contributed by atoms with E-state index in [1.54, 1.807) is 35.7 Å². The molecule has 0 atom stereocenters. The van der Waals surface area contributed by atoms with Crippen molar-refractivity contribution in [3.8, 4) is 0 Å². The summed E-state index contributed by atoms with van der Waals surface area (Å²) in [5, 5.41) is 13.7. The van der Waals surface area contributed by atoms with Gasteiger partial charge in [0.2, 0.25) is 5.92 Å². The largest absolute Gasteiger partial charge is 0.478 e. The molecule has 23 heavy (non-hydrogen) atoms. The predicted octanol–water partition coefficient (Wildman–Crippen LogP) is 4.21. The average molecular weight is 337 g/mol. The summed E-state index contributed by atoms with van der Waals surface area (Å²) in [4.78, 5) is 23.6. The first kappa shape index (κ1) is 15.6. The van der Waals surface area contributed by atoms with Gasteiger partial charge in [0.05, 0.1) is 5.56 Å². The minimum atomic E-state index is -2.73. The van der Waals surface area contributed by atoms with E-state index in [0.29, 0.717) is 11.1 Å². The standard InChI is InChI=1S/C16H13F2NO3S/c17-16(18)6-10(7-16)11-8-23-14(12(11)15(21)22)19-13(20)9-4-2-1-3-5-9/h1-5,8,10H,6-7H2,(H,19,20)(H,21,22). The third-order valence-corrected chi connectivity index (χ3v) is 4.74. The number of carbonyl (C=O) groups excluding carboxylic acids is 1. The Balaban J connectivity index is 1.84. The molecule has 3 rings (SSSR count). The summed E-state index contributed by atoms with van der Waals surface area (Å²) in [5.74, 6) is -4.86. The van der Waals surface area contributed by atoms with E-state index in [2.05, 4.69) is 5.32 Å². The zero-order chi connectivity index (χ0) is 16.6. The first-order valence-corrected chi connectivity index (χ1v) is 7.84. The van der Waals surface area contributed by atoms with Crippen molar-refractivity contribution in [2.45, 2.75) is 24.7 Å². The van der Waals surface area contributed by atoms with E-state index in [1.165, 1.54) is 0 Å². The molecule has 1 heterocycles. The third kappa shape index (κ3) is 3.10. The predicted molar refractivity (Wildman–Crippen MR) is 82.6 cm³/mol. The van der Waals surface area contributed by atoms with Crippen LogP contribution in [0.2, 0.25) is 0 Å². The number of benzene rings is 1. The second kappa shape index (κ2) is 5.73. The summed E-state index contributed by atoms with van der Waals surface area (Å²) >= 11 is 1.05. The van der Waals surface area contributed by atoms with Crippen molar-refractivity contribution in [2.24, 2.45) is 0 Å². The Labute approximate surface area is 134 Å². The van der Waals surface area contributed by atoms with Gasteiger partial charge < -0.3 is 10.4 Å². The quantitative estimate of drug-likeness (QED) is 0.878. The lowest BCUT2D eigenvalue weighted by Crippen LogP contribution is -2.34. The highest BCUT2D eigenvalue weighted by atomic mass is 32.1. The molecule has 0 unspecified atom stereocenters. The number of nitrogens with one attached hydrogen (secondary N) is 1. The van der Waals surface area contributed by atoms with Crippen LogP contribution in [0.1, 0.15) is 45.0 Å². The minimum Gasteiger partial charge on any atom is -0.478 e. The molecule has 1 aromatic carbocycles. The summed E-state index contributed by atoms with van der Waals surface area (Å²) in [6.45, 7) is 0. The molecular weight excluding hydrogens is 324 g/mol. The van der Waals surface area contributed by atoms with Crippen LogP contribution < -0.4 is 5.32 Å². The molecule has 2 aromatic rings. The fraction of sp³-hybridized carbons (Fsp3) is 0.250. The van der Waals surface area contributed by atoms with Gasteiger partial charge >= 0.3 is 5.97 Å². The first-order chi connectivity index (χ1) is 10.9. The lowest BCUT2D eigenvalue weighted by atomic mass is 9.76. The molecule has 4 nitrogen and oxygen atoms in total. The van der Waals surface area contributed by atoms with E-state index >= 15 is 0 Å². The van der Waals surface area contributed by atoms with Gasteiger partial charge in [-0.25, -0.2) is 13.6 Å². The maximum atomic E-state index is 13.0. The number of alkyl halides is 2. The number of hydrogen-bond acceptors (Lipinski definition) is 3. The molecule has 0 radical (unpaired) electrons. The van der Waals surface area contributed by atoms with Crippen molar-refractivity contribution in [3.05, 3.63) is 52.4 Å². The number of amides is 1. The van der Waals surface area contributed by atoms with Crippen LogP contribution in [0.15, 0.2) is 35.7 Å². The Kier molecular flexibility index (Phi) is 3.89. The minimum absolute atomic E-state index is 0.0835. The van der Waals surface area contributed by atoms with Gasteiger partial charge in [0, 0.05) is 18.4 Å². The zero-order valence-corrected chi connectivity index (χ0v) is 12.7. The van der Waals surface area contributed by atoms with Gasteiger partial charge in [-0.1, -0.05) is 18.2 Å². The molecule has 7 heteroatoms. The zero-order valence-electron chi connectivity index (χ0n) is 11.9. The molecule has 1 saturated carbocycles. The van der Waals surface area contributed by atoms with E-state index in [4.69, 9.17) is 0 Å². The molecule has 0 bridgehead atoms. The topological polar surface area (TPSA) is 66.4 Å². The fourth-order valence-corrected chi connectivity index (χ4v) is 3.66. The van der Waals surface area contributed by atoms with Gasteiger partial charge in [-0.2, -0.15) is 0 Å². The maximum absolute atomic E-state index is 13.0. The Bertz CT molecular complexity index is 750. The molecule has 1 aromatic heterocycles. The number of carbonyl (C=O) groups is 2. The molecule has 0 aliphatic heterocycles. The highest BCUT2D eigenvalue weighted by Gasteiger charge is 2.47. The first-order valence-electron chi connectivity index (χ1n) is 6.96. The lowest BCUT2D eigenvalue weighted by molar-refractivity contribution is -0.0868. The summed E-state index contributed by atoms with van der Waals surface area (Å²) in [6, 6.07) is 8.37. The van der Waals surface area contributed by atoms with Crippen molar-refractivity contribution < 1.29 is 23.5 Å². The normalized spacial score (nSPS) is 16.6. The van der Waals surface area contributed by atoms with Crippen LogP contribution in [0.3, 0.4) is 0 Å². The molecular formula is C16H13F2NO3S. The molecule has 1 aliphatic rings. The van der Waals surface area contributed by atoms with E-state index in [0.717, 1.165) is 11.3 Å². The third-order valence-electron chi connectivity index (χ3n) is 3.83. The van der Waals surface area contributed by atoms with Crippen LogP contribution in [0.5, 0.6) is 0 Å². The average Bonchev–Trinajstić information content (AvgIpc) is 2.89. The second-order valence-corrected chi connectivity index (χ2v) is 6.36. The van der Waals surface area contributed by atoms with Crippen LogP contribution in [0.25, 0.3) is 0 Å². The monoisotopic (exact) mass is 337 g/mol. The van der Waals surface area contributed by atoms with E-state index in [9.17, 15) is 23.5 Å². The van der Waals surface area contributed by atoms with Crippen LogP contribution in [0.4, 0.5) is 13.8 Å². The highest BCUT2D eigenvalue weighted by Crippen LogP contribution is 2.51. The van der Waals surface area contributed by atoms with Crippen molar-refractivity contribution in [1.29, 1.82) is 0 Å². The molecule has 2 N–H and O–H groups in total. The van der Waals surface area contributed by atoms with Gasteiger partial charge in [-0.05, 0) is 29.0 Å². The van der Waals surface area contributed by atoms with Gasteiger partial charge in [-0.3, -0.25) is 4.79 Å². The van der Waals surface area contributed by atoms with Crippen molar-refractivity contribution in [3.63, 3.8) is 0 Å². The SMILES string of the molecule is O=C(Nc1scc(C2CC(F)(F)C2)c1C(=O)O)c1ccccc1. The number of aromatic carboxylic acids is 1. The summed E-state index contributed by atoms with van der Waals surface area (Å²) in [7, 11) is 0. The number of carboxylic acid groups (broad SMARTS) is 1. The second-order valence-electron chi connectivity index (χ2n) is 5.48. The van der Waals surface area contributed by atoms with Gasteiger partial charge in [0.25, 0.3) is 5.91 Å². The highest BCUT2D eigenvalue weighted by molar-refractivity contribution is 7.15. The maximum Gasteiger partial charge on any atom is 0.339 e. The van der Waals surface area contributed by atoms with E-state index in [1.807, 2.05) is 0 Å². The summed E-state index contributed by atoms with van der Waals surface area (Å²) in [5.41, 5.74) is 0.686. The number of carboxylic acids is 1. The number of rotatable bonds is 4. The molecule has 0 saturated heterocycles. The Morgan fingerprint density at radius 3 is 2.43 bits per heavy atom. The smallest absolute Gasteiger partial charge is 0.339 e. The number of thiophene rings is 1. The van der Waals surface area contributed by atoms with Crippen molar-refractivity contribution in [1.82, 2.24) is 0 Å². The van der Waals surface area contributed by atoms with Crippen LogP contribution in [-0.2, 0) is 0 Å². The molecule has 1 fully saturated rings. The number of anilines is 1. The Morgan fingerprint density at radius 1 is 1.22 bits per heavy atom. The van der Waals surface area contributed by atoms with Crippen LogP contribution >= 0.6 is 11.3 Å². The van der Waals surface area contributed by atoms with Gasteiger partial charge in [0.1, 0.15) is 5.00 Å². The Morgan fingerprint density at radius 2 is 1.87 bits per heavy atom. The number of halogens is 2. The van der Waals surface area contributed by atoms with Gasteiger partial charge in [-0.15, -0.1) is 11.3 Å². The summed E-state index contributed by atoms with van der Waals surface area (Å²) in [6.07, 6.45) is -0.702. The van der Waals surface area contributed by atoms with E-state index in [-0.39, 0.29) is 23.4 Å². The molecule has 120 valence electrons. The van der Waals surface area contributed by atoms with Gasteiger partial charge in [0.15, 0.2) is 0 Å². The summed E-state index contributed by atoms with van der Waals surface area (Å²) < 4.78 is 26.1. The van der Waals surface area contributed by atoms with Crippen LogP contribution in [-0.4, -0.2) is 22.9 Å². The van der Waals surface area contributed by atoms with E-state index < -0.39 is 23.7 Å². The van der Waals surface area contributed by atoms with Crippen molar-refractivity contribution >= 4 is 28.2 Å². The number of hydrogen-bond donors (Lipinski definition) is 2. The molecule has 1 amide bonds. The van der Waals surface area contributed by atoms with Crippen molar-refractivity contribution in [2.75, 3.05) is 5.32 Å². The molecule has 1 aliphatic carbocycles. The van der Waals surface area contributed by atoms with Crippen LogP contribution in [0, 0.1) is 0 Å². The fourth-order valence-electron chi connectivity index (χ4n) is 2.63.